The molecule has 134 valence electrons. The number of carbonyl (C=O) groups excluding carboxylic acids is 2. The van der Waals surface area contributed by atoms with E-state index in [0.717, 1.165) is 12.8 Å². The fourth-order valence-electron chi connectivity index (χ4n) is 3.03. The second-order valence-corrected chi connectivity index (χ2v) is 6.61. The Bertz CT molecular complexity index is 681. The van der Waals surface area contributed by atoms with E-state index in [1.54, 1.807) is 12.1 Å². The third-order valence-electron chi connectivity index (χ3n) is 4.80. The van der Waals surface area contributed by atoms with Gasteiger partial charge in [-0.15, -0.1) is 0 Å². The van der Waals surface area contributed by atoms with Crippen molar-refractivity contribution in [3.8, 4) is 0 Å². The van der Waals surface area contributed by atoms with Gasteiger partial charge in [-0.2, -0.15) is 0 Å². The molecule has 0 aromatic heterocycles. The lowest BCUT2D eigenvalue weighted by atomic mass is 10.2. The van der Waals surface area contributed by atoms with Crippen LogP contribution in [0.25, 0.3) is 0 Å². The second kappa shape index (κ2) is 7.18. The van der Waals surface area contributed by atoms with Crippen LogP contribution in [0.1, 0.15) is 19.8 Å². The zero-order valence-corrected chi connectivity index (χ0v) is 14.2. The fraction of sp³-hybridized carbons (Fsp3) is 0.529. The van der Waals surface area contributed by atoms with Gasteiger partial charge in [0.2, 0.25) is 11.8 Å². The van der Waals surface area contributed by atoms with Crippen LogP contribution in [0.3, 0.4) is 0 Å². The van der Waals surface area contributed by atoms with E-state index >= 15 is 0 Å². The Morgan fingerprint density at radius 2 is 1.92 bits per heavy atom. The molecular weight excluding hydrogens is 324 g/mol. The molecule has 2 aliphatic rings. The Hall–Kier alpha value is -2.48. The number of benzene rings is 1. The van der Waals surface area contributed by atoms with E-state index in [2.05, 4.69) is 5.32 Å². The van der Waals surface area contributed by atoms with Crippen molar-refractivity contribution in [1.82, 2.24) is 9.80 Å². The average Bonchev–Trinajstić information content (AvgIpc) is 3.46. The Labute approximate surface area is 145 Å². The summed E-state index contributed by atoms with van der Waals surface area (Å²) in [4.78, 5) is 38.7. The fourth-order valence-corrected chi connectivity index (χ4v) is 3.03. The van der Waals surface area contributed by atoms with Gasteiger partial charge in [-0.3, -0.25) is 24.6 Å². The highest BCUT2D eigenvalue weighted by atomic mass is 16.6. The first-order valence-corrected chi connectivity index (χ1v) is 8.54. The molecule has 1 atom stereocenters. The van der Waals surface area contributed by atoms with Crippen LogP contribution in [0.5, 0.6) is 0 Å². The quantitative estimate of drug-likeness (QED) is 0.643. The summed E-state index contributed by atoms with van der Waals surface area (Å²) >= 11 is 0. The molecule has 0 spiro atoms. The predicted octanol–water partition coefficient (Wildman–Crippen LogP) is 1.48. The van der Waals surface area contributed by atoms with Crippen molar-refractivity contribution in [1.29, 1.82) is 0 Å². The van der Waals surface area contributed by atoms with Crippen molar-refractivity contribution in [2.45, 2.75) is 25.8 Å². The molecule has 0 radical (unpaired) electrons. The highest BCUT2D eigenvalue weighted by molar-refractivity contribution is 5.94. The lowest BCUT2D eigenvalue weighted by Gasteiger charge is -2.37. The normalized spacial score (nSPS) is 19.3. The van der Waals surface area contributed by atoms with Gasteiger partial charge < -0.3 is 10.2 Å². The van der Waals surface area contributed by atoms with Crippen LogP contribution in [0.4, 0.5) is 11.4 Å². The van der Waals surface area contributed by atoms with Crippen molar-refractivity contribution in [3.63, 3.8) is 0 Å². The Kier molecular flexibility index (Phi) is 4.98. The van der Waals surface area contributed by atoms with E-state index in [1.807, 2.05) is 16.7 Å². The molecule has 2 amide bonds. The van der Waals surface area contributed by atoms with Crippen LogP contribution in [0.2, 0.25) is 0 Å². The highest BCUT2D eigenvalue weighted by Crippen LogP contribution is 2.31. The predicted molar refractivity (Wildman–Crippen MR) is 92.1 cm³/mol. The van der Waals surface area contributed by atoms with Gasteiger partial charge >= 0.3 is 0 Å². The molecular formula is C17H22N4O4. The number of hydrogen-bond donors (Lipinski definition) is 1. The van der Waals surface area contributed by atoms with E-state index in [9.17, 15) is 19.7 Å². The van der Waals surface area contributed by atoms with Crippen molar-refractivity contribution in [2.24, 2.45) is 5.92 Å². The Morgan fingerprint density at radius 1 is 1.24 bits per heavy atom. The molecule has 1 aromatic carbocycles. The third-order valence-corrected chi connectivity index (χ3v) is 4.80. The first kappa shape index (κ1) is 17.3. The zero-order valence-electron chi connectivity index (χ0n) is 14.2. The number of anilines is 1. The van der Waals surface area contributed by atoms with E-state index in [4.69, 9.17) is 0 Å². The second-order valence-electron chi connectivity index (χ2n) is 6.61. The molecule has 1 unspecified atom stereocenters. The van der Waals surface area contributed by atoms with E-state index in [-0.39, 0.29) is 29.5 Å². The topological polar surface area (TPSA) is 95.8 Å². The number of piperazine rings is 1. The lowest BCUT2D eigenvalue weighted by molar-refractivity contribution is -0.384. The standard InChI is InChI=1S/C17H22N4O4/c1-12(16(22)18-14-3-2-4-15(11-14)21(24)25)19-7-9-20(10-8-19)17(23)13-5-6-13/h2-4,11-13H,5-10H2,1H3,(H,18,22). The first-order valence-electron chi connectivity index (χ1n) is 8.54. The molecule has 1 N–H and O–H groups in total. The zero-order chi connectivity index (χ0) is 18.0. The summed E-state index contributed by atoms with van der Waals surface area (Å²) in [5.74, 6) is 0.261. The average molecular weight is 346 g/mol. The van der Waals surface area contributed by atoms with Gasteiger partial charge in [-0.05, 0) is 25.8 Å². The van der Waals surface area contributed by atoms with Gasteiger partial charge in [0.15, 0.2) is 0 Å². The Morgan fingerprint density at radius 3 is 2.52 bits per heavy atom. The van der Waals surface area contributed by atoms with Crippen molar-refractivity contribution < 1.29 is 14.5 Å². The number of rotatable bonds is 5. The maximum absolute atomic E-state index is 12.4. The van der Waals surface area contributed by atoms with Crippen LogP contribution >= 0.6 is 0 Å². The first-order chi connectivity index (χ1) is 12.0. The molecule has 8 nitrogen and oxygen atoms in total. The molecule has 1 aliphatic carbocycles. The molecule has 2 fully saturated rings. The molecule has 0 bridgehead atoms. The summed E-state index contributed by atoms with van der Waals surface area (Å²) in [7, 11) is 0. The number of nitro groups is 1. The van der Waals surface area contributed by atoms with Crippen molar-refractivity contribution in [2.75, 3.05) is 31.5 Å². The summed E-state index contributed by atoms with van der Waals surface area (Å²) in [6.07, 6.45) is 2.00. The van der Waals surface area contributed by atoms with Crippen molar-refractivity contribution in [3.05, 3.63) is 34.4 Å². The maximum atomic E-state index is 12.4. The van der Waals surface area contributed by atoms with Crippen LogP contribution in [-0.2, 0) is 9.59 Å². The van der Waals surface area contributed by atoms with Crippen LogP contribution in [-0.4, -0.2) is 58.8 Å². The van der Waals surface area contributed by atoms with Crippen molar-refractivity contribution >= 4 is 23.2 Å². The lowest BCUT2D eigenvalue weighted by Crippen LogP contribution is -2.54. The van der Waals surface area contributed by atoms with Gasteiger partial charge in [0, 0.05) is 49.9 Å². The number of nitrogens with one attached hydrogen (secondary N) is 1. The molecule has 1 saturated carbocycles. The summed E-state index contributed by atoms with van der Waals surface area (Å²) in [6.45, 7) is 4.41. The minimum Gasteiger partial charge on any atom is -0.340 e. The molecule has 1 aromatic rings. The summed E-state index contributed by atoms with van der Waals surface area (Å²) in [5, 5.41) is 13.5. The number of hydrogen-bond acceptors (Lipinski definition) is 5. The summed E-state index contributed by atoms with van der Waals surface area (Å²) in [5.41, 5.74) is 0.353. The number of nitrogens with zero attached hydrogens (tertiary/aromatic N) is 3. The van der Waals surface area contributed by atoms with Gasteiger partial charge in [0.1, 0.15) is 0 Å². The van der Waals surface area contributed by atoms with Crippen LogP contribution in [0, 0.1) is 16.0 Å². The van der Waals surface area contributed by atoms with Gasteiger partial charge in [-0.25, -0.2) is 0 Å². The molecule has 3 rings (SSSR count). The summed E-state index contributed by atoms with van der Waals surface area (Å²) < 4.78 is 0. The van der Waals surface area contributed by atoms with E-state index in [1.165, 1.54) is 12.1 Å². The number of carbonyl (C=O) groups is 2. The molecule has 1 saturated heterocycles. The van der Waals surface area contributed by atoms with Crippen LogP contribution in [0.15, 0.2) is 24.3 Å². The van der Waals surface area contributed by atoms with Gasteiger partial charge in [0.05, 0.1) is 11.0 Å². The largest absolute Gasteiger partial charge is 0.340 e. The SMILES string of the molecule is CC(C(=O)Nc1cccc([N+](=O)[O-])c1)N1CCN(C(=O)C2CC2)CC1. The van der Waals surface area contributed by atoms with Gasteiger partial charge in [0.25, 0.3) is 5.69 Å². The number of non-ortho nitro benzene ring substituents is 1. The number of amides is 2. The monoisotopic (exact) mass is 346 g/mol. The molecule has 1 aliphatic heterocycles. The number of nitro benzene ring substituents is 1. The Balaban J connectivity index is 1.53. The maximum Gasteiger partial charge on any atom is 0.271 e. The van der Waals surface area contributed by atoms with Gasteiger partial charge in [-0.1, -0.05) is 6.07 Å². The smallest absolute Gasteiger partial charge is 0.271 e. The highest BCUT2D eigenvalue weighted by Gasteiger charge is 2.35. The van der Waals surface area contributed by atoms with E-state index in [0.29, 0.717) is 31.9 Å². The van der Waals surface area contributed by atoms with Crippen LogP contribution < -0.4 is 5.32 Å². The minimum atomic E-state index is -0.491. The molecule has 25 heavy (non-hydrogen) atoms. The third kappa shape index (κ3) is 4.14. The van der Waals surface area contributed by atoms with E-state index < -0.39 is 4.92 Å². The summed E-state index contributed by atoms with van der Waals surface area (Å²) in [6, 6.07) is 5.54. The molecule has 1 heterocycles. The molecule has 8 heteroatoms. The minimum absolute atomic E-state index is 0.0577.